The predicted octanol–water partition coefficient (Wildman–Crippen LogP) is 2.66. The van der Waals surface area contributed by atoms with E-state index in [2.05, 4.69) is 81.0 Å². The Balaban J connectivity index is 1.37. The Bertz CT molecular complexity index is 869. The first-order valence-corrected chi connectivity index (χ1v) is 9.54. The van der Waals surface area contributed by atoms with E-state index < -0.39 is 0 Å². The van der Waals surface area contributed by atoms with Crippen molar-refractivity contribution in [3.05, 3.63) is 65.8 Å². The number of fused-ring (bicyclic) bond motifs is 1. The van der Waals surface area contributed by atoms with Gasteiger partial charge in [-0.25, -0.2) is 0 Å². The second-order valence-electron chi connectivity index (χ2n) is 7.35. The van der Waals surface area contributed by atoms with Crippen LogP contribution in [0.4, 0.5) is 5.69 Å². The molecule has 6 nitrogen and oxygen atoms in total. The van der Waals surface area contributed by atoms with Gasteiger partial charge in [0.2, 0.25) is 5.82 Å². The monoisotopic (exact) mass is 363 g/mol. The van der Waals surface area contributed by atoms with Gasteiger partial charge in [-0.05, 0) is 36.8 Å². The summed E-state index contributed by atoms with van der Waals surface area (Å²) in [5.41, 5.74) is 2.57. The number of nitrogens with zero attached hydrogens (tertiary/aromatic N) is 3. The average molecular weight is 363 g/mol. The lowest BCUT2D eigenvalue weighted by atomic mass is 9.97. The van der Waals surface area contributed by atoms with Crippen molar-refractivity contribution in [2.75, 3.05) is 18.5 Å². The molecule has 2 aromatic rings. The molecule has 2 aliphatic rings. The Labute approximate surface area is 159 Å². The molecular weight excluding hydrogens is 338 g/mol. The van der Waals surface area contributed by atoms with Crippen LogP contribution in [-0.2, 0) is 12.8 Å². The van der Waals surface area contributed by atoms with Crippen molar-refractivity contribution in [3.63, 3.8) is 0 Å². The molecule has 27 heavy (non-hydrogen) atoms. The number of H-pyrrole nitrogens is 1. The molecule has 2 atom stereocenters. The van der Waals surface area contributed by atoms with Gasteiger partial charge < -0.3 is 15.2 Å². The van der Waals surface area contributed by atoms with Gasteiger partial charge in [0, 0.05) is 31.7 Å². The van der Waals surface area contributed by atoms with E-state index in [-0.39, 0.29) is 11.9 Å². The Morgan fingerprint density at radius 2 is 2.19 bits per heavy atom. The van der Waals surface area contributed by atoms with Gasteiger partial charge >= 0.3 is 0 Å². The second kappa shape index (κ2) is 7.78. The molecule has 0 saturated carbocycles. The standard InChI is InChI=1S/C21H25N5O/c1-26-14-17(12-11-16-9-5-6-10-18(16)26)22-21(27)20-23-19(24-25-20)13-15-7-3-2-4-8-15/h2-7,9-10,15,17H,8,11-14H2,1H3,(H,22,27)(H,23,24,25). The summed E-state index contributed by atoms with van der Waals surface area (Å²) in [4.78, 5) is 17.9. The molecule has 1 aromatic heterocycles. The Kier molecular flexibility index (Phi) is 5.05. The van der Waals surface area contributed by atoms with Gasteiger partial charge in [0.05, 0.1) is 0 Å². The van der Waals surface area contributed by atoms with E-state index in [1.54, 1.807) is 0 Å². The number of allylic oxidation sites excluding steroid dienone is 4. The minimum atomic E-state index is -0.183. The van der Waals surface area contributed by atoms with E-state index >= 15 is 0 Å². The molecule has 0 bridgehead atoms. The maximum absolute atomic E-state index is 12.6. The van der Waals surface area contributed by atoms with Gasteiger partial charge in [-0.1, -0.05) is 42.5 Å². The largest absolute Gasteiger partial charge is 0.372 e. The number of hydrogen-bond acceptors (Lipinski definition) is 4. The molecule has 0 saturated heterocycles. The van der Waals surface area contributed by atoms with Crippen molar-refractivity contribution in [1.82, 2.24) is 20.5 Å². The highest BCUT2D eigenvalue weighted by Crippen LogP contribution is 2.25. The van der Waals surface area contributed by atoms with Gasteiger partial charge in [0.15, 0.2) is 0 Å². The maximum Gasteiger partial charge on any atom is 0.289 e. The molecule has 0 fully saturated rings. The van der Waals surface area contributed by atoms with Crippen LogP contribution in [-0.4, -0.2) is 40.7 Å². The summed E-state index contributed by atoms with van der Waals surface area (Å²) in [6.45, 7) is 0.781. The third-order valence-corrected chi connectivity index (χ3v) is 5.27. The van der Waals surface area contributed by atoms with E-state index in [0.717, 1.165) is 38.1 Å². The van der Waals surface area contributed by atoms with Gasteiger partial charge in [-0.15, -0.1) is 10.2 Å². The maximum atomic E-state index is 12.6. The number of anilines is 1. The number of aromatic amines is 1. The topological polar surface area (TPSA) is 73.9 Å². The highest BCUT2D eigenvalue weighted by Gasteiger charge is 2.23. The third kappa shape index (κ3) is 4.10. The number of rotatable bonds is 4. The lowest BCUT2D eigenvalue weighted by Gasteiger charge is -2.23. The number of aromatic nitrogens is 3. The number of nitrogens with one attached hydrogen (secondary N) is 2. The molecule has 1 aliphatic carbocycles. The molecule has 2 heterocycles. The highest BCUT2D eigenvalue weighted by atomic mass is 16.2. The molecule has 0 spiro atoms. The van der Waals surface area contributed by atoms with Gasteiger partial charge in [0.25, 0.3) is 5.91 Å². The SMILES string of the molecule is CN1CC(NC(=O)c2nnc(CC3C=CC=CC3)[nH]2)CCc2ccccc21. The number of carbonyl (C=O) groups excluding carboxylic acids is 1. The van der Waals surface area contributed by atoms with E-state index in [4.69, 9.17) is 0 Å². The quantitative estimate of drug-likeness (QED) is 0.876. The minimum absolute atomic E-state index is 0.0786. The van der Waals surface area contributed by atoms with Crippen molar-refractivity contribution in [2.45, 2.75) is 31.7 Å². The fourth-order valence-corrected chi connectivity index (χ4v) is 3.84. The zero-order chi connectivity index (χ0) is 18.6. The van der Waals surface area contributed by atoms with E-state index in [9.17, 15) is 4.79 Å². The third-order valence-electron chi connectivity index (χ3n) is 5.27. The lowest BCUT2D eigenvalue weighted by Crippen LogP contribution is -2.42. The first kappa shape index (κ1) is 17.5. The van der Waals surface area contributed by atoms with Crippen LogP contribution in [0.5, 0.6) is 0 Å². The Morgan fingerprint density at radius 3 is 3.04 bits per heavy atom. The normalized spacial score (nSPS) is 21.6. The van der Waals surface area contributed by atoms with Crippen molar-refractivity contribution in [3.8, 4) is 0 Å². The zero-order valence-electron chi connectivity index (χ0n) is 15.6. The van der Waals surface area contributed by atoms with Gasteiger partial charge in [-0.2, -0.15) is 0 Å². The molecule has 4 rings (SSSR count). The molecule has 1 aliphatic heterocycles. The van der Waals surface area contributed by atoms with Crippen molar-refractivity contribution in [2.24, 2.45) is 5.92 Å². The molecule has 140 valence electrons. The van der Waals surface area contributed by atoms with Crippen LogP contribution < -0.4 is 10.2 Å². The molecular formula is C21H25N5O. The summed E-state index contributed by atoms with van der Waals surface area (Å²) in [7, 11) is 2.07. The van der Waals surface area contributed by atoms with Crippen LogP contribution in [0, 0.1) is 5.92 Å². The van der Waals surface area contributed by atoms with Crippen LogP contribution in [0.3, 0.4) is 0 Å². The fraction of sp³-hybridized carbons (Fsp3) is 0.381. The first-order valence-electron chi connectivity index (χ1n) is 9.54. The summed E-state index contributed by atoms with van der Waals surface area (Å²) in [6.07, 6.45) is 12.0. The number of aryl methyl sites for hydroxylation is 1. The summed E-state index contributed by atoms with van der Waals surface area (Å²) >= 11 is 0. The van der Waals surface area contributed by atoms with Crippen molar-refractivity contribution >= 4 is 11.6 Å². The molecule has 0 radical (unpaired) electrons. The van der Waals surface area contributed by atoms with Gasteiger partial charge in [-0.3, -0.25) is 4.79 Å². The van der Waals surface area contributed by atoms with Crippen molar-refractivity contribution in [1.29, 1.82) is 0 Å². The number of para-hydroxylation sites is 1. The fourth-order valence-electron chi connectivity index (χ4n) is 3.84. The summed E-state index contributed by atoms with van der Waals surface area (Å²) < 4.78 is 0. The Hall–Kier alpha value is -2.89. The minimum Gasteiger partial charge on any atom is -0.372 e. The van der Waals surface area contributed by atoms with Crippen LogP contribution >= 0.6 is 0 Å². The highest BCUT2D eigenvalue weighted by molar-refractivity contribution is 5.90. The summed E-state index contributed by atoms with van der Waals surface area (Å²) in [6, 6.07) is 8.50. The van der Waals surface area contributed by atoms with Gasteiger partial charge in [0.1, 0.15) is 5.82 Å². The van der Waals surface area contributed by atoms with E-state index in [0.29, 0.717) is 11.7 Å². The van der Waals surface area contributed by atoms with Crippen LogP contribution in [0.2, 0.25) is 0 Å². The summed E-state index contributed by atoms with van der Waals surface area (Å²) in [5, 5.41) is 11.3. The molecule has 2 unspecified atom stereocenters. The number of amides is 1. The molecule has 1 aromatic carbocycles. The van der Waals surface area contributed by atoms with Crippen LogP contribution in [0.15, 0.2) is 48.6 Å². The molecule has 6 heteroatoms. The van der Waals surface area contributed by atoms with Crippen molar-refractivity contribution < 1.29 is 4.79 Å². The lowest BCUT2D eigenvalue weighted by molar-refractivity contribution is 0.0926. The van der Waals surface area contributed by atoms with Crippen LogP contribution in [0.1, 0.15) is 34.8 Å². The van der Waals surface area contributed by atoms with Crippen LogP contribution in [0.25, 0.3) is 0 Å². The number of likely N-dealkylation sites (N-methyl/N-ethyl adjacent to an activating group) is 1. The zero-order valence-corrected chi connectivity index (χ0v) is 15.6. The second-order valence-corrected chi connectivity index (χ2v) is 7.35. The first-order chi connectivity index (χ1) is 13.2. The molecule has 2 N–H and O–H groups in total. The number of carbonyl (C=O) groups is 1. The van der Waals surface area contributed by atoms with E-state index in [1.807, 2.05) is 0 Å². The number of hydrogen-bond donors (Lipinski definition) is 2. The number of benzene rings is 1. The summed E-state index contributed by atoms with van der Waals surface area (Å²) in [5.74, 6) is 1.28. The predicted molar refractivity (Wildman–Crippen MR) is 106 cm³/mol. The Morgan fingerprint density at radius 1 is 1.30 bits per heavy atom. The van der Waals surface area contributed by atoms with E-state index in [1.165, 1.54) is 11.3 Å². The smallest absolute Gasteiger partial charge is 0.289 e. The molecule has 1 amide bonds. The average Bonchev–Trinajstić information content (AvgIpc) is 3.09.